The third-order valence-electron chi connectivity index (χ3n) is 6.01. The highest BCUT2D eigenvalue weighted by molar-refractivity contribution is 5.97. The summed E-state index contributed by atoms with van der Waals surface area (Å²) in [6.45, 7) is 7.10. The Morgan fingerprint density at radius 3 is 3.00 bits per heavy atom. The van der Waals surface area contributed by atoms with Gasteiger partial charge in [-0.2, -0.15) is 0 Å². The molecule has 4 rings (SSSR count). The van der Waals surface area contributed by atoms with E-state index in [9.17, 15) is 9.59 Å². The van der Waals surface area contributed by atoms with E-state index >= 15 is 0 Å². The van der Waals surface area contributed by atoms with Crippen LogP contribution in [0.25, 0.3) is 10.9 Å². The van der Waals surface area contributed by atoms with Crippen molar-refractivity contribution in [2.24, 2.45) is 5.92 Å². The maximum Gasteiger partial charge on any atom is 0.261 e. The Morgan fingerprint density at radius 1 is 1.25 bits per heavy atom. The van der Waals surface area contributed by atoms with Crippen LogP contribution in [-0.2, 0) is 13.0 Å². The third-order valence-corrected chi connectivity index (χ3v) is 6.01. The number of piperidine rings is 1. The Kier molecular flexibility index (Phi) is 5.76. The van der Waals surface area contributed by atoms with Gasteiger partial charge in [0.2, 0.25) is 0 Å². The summed E-state index contributed by atoms with van der Waals surface area (Å²) in [5.74, 6) is 1.54. The standard InChI is InChI=1S/C22H30N4O2/c1-16-6-4-11-25(15-16)12-5-10-23-21(27)17-8-9-18-19(14-17)24-20-7-2-3-13-26(20)22(18)28/h8-9,14,16H,2-7,10-13,15H2,1H3,(H,23,27)/t16-/m0/s1. The Morgan fingerprint density at radius 2 is 2.14 bits per heavy atom. The van der Waals surface area contributed by atoms with Crippen LogP contribution in [0.5, 0.6) is 0 Å². The smallest absolute Gasteiger partial charge is 0.261 e. The van der Waals surface area contributed by atoms with E-state index in [-0.39, 0.29) is 11.5 Å². The second-order valence-electron chi connectivity index (χ2n) is 8.33. The predicted molar refractivity (Wildman–Crippen MR) is 111 cm³/mol. The molecule has 0 unspecified atom stereocenters. The largest absolute Gasteiger partial charge is 0.352 e. The van der Waals surface area contributed by atoms with Crippen LogP contribution in [0.1, 0.15) is 55.2 Å². The average molecular weight is 383 g/mol. The van der Waals surface area contributed by atoms with Crippen molar-refractivity contribution >= 4 is 16.8 Å². The highest BCUT2D eigenvalue weighted by Gasteiger charge is 2.17. The zero-order valence-corrected chi connectivity index (χ0v) is 16.7. The highest BCUT2D eigenvalue weighted by atomic mass is 16.1. The number of hydrogen-bond acceptors (Lipinski definition) is 4. The van der Waals surface area contributed by atoms with Crippen molar-refractivity contribution in [1.29, 1.82) is 0 Å². The van der Waals surface area contributed by atoms with E-state index in [1.54, 1.807) is 22.8 Å². The summed E-state index contributed by atoms with van der Waals surface area (Å²) in [7, 11) is 0. The molecule has 0 saturated carbocycles. The molecule has 1 aromatic heterocycles. The first kappa shape index (κ1) is 19.1. The molecule has 0 aliphatic carbocycles. The summed E-state index contributed by atoms with van der Waals surface area (Å²) in [4.78, 5) is 32.3. The first-order valence-corrected chi connectivity index (χ1v) is 10.7. The number of likely N-dealkylation sites (tertiary alicyclic amines) is 1. The van der Waals surface area contributed by atoms with Gasteiger partial charge in [-0.25, -0.2) is 4.98 Å². The van der Waals surface area contributed by atoms with Crippen molar-refractivity contribution in [2.75, 3.05) is 26.2 Å². The number of benzene rings is 1. The van der Waals surface area contributed by atoms with Crippen LogP contribution < -0.4 is 10.9 Å². The molecule has 28 heavy (non-hydrogen) atoms. The minimum atomic E-state index is -0.0893. The Labute approximate surface area is 165 Å². The molecule has 2 aliphatic rings. The summed E-state index contributed by atoms with van der Waals surface area (Å²) in [5.41, 5.74) is 1.22. The van der Waals surface area contributed by atoms with E-state index in [1.807, 2.05) is 0 Å². The van der Waals surface area contributed by atoms with Crippen molar-refractivity contribution in [3.8, 4) is 0 Å². The Hall–Kier alpha value is -2.21. The highest BCUT2D eigenvalue weighted by Crippen LogP contribution is 2.17. The molecule has 3 heterocycles. The first-order valence-electron chi connectivity index (χ1n) is 10.7. The van der Waals surface area contributed by atoms with E-state index < -0.39 is 0 Å². The van der Waals surface area contributed by atoms with Gasteiger partial charge in [-0.15, -0.1) is 0 Å². The van der Waals surface area contributed by atoms with Gasteiger partial charge in [0.05, 0.1) is 10.9 Å². The van der Waals surface area contributed by atoms with E-state index in [0.717, 1.165) is 50.5 Å². The fourth-order valence-electron chi connectivity index (χ4n) is 4.48. The number of hydrogen-bond donors (Lipinski definition) is 1. The van der Waals surface area contributed by atoms with Gasteiger partial charge in [-0.1, -0.05) is 6.92 Å². The number of aryl methyl sites for hydroxylation is 1. The monoisotopic (exact) mass is 382 g/mol. The maximum absolute atomic E-state index is 12.7. The molecule has 0 radical (unpaired) electrons. The molecule has 6 heteroatoms. The van der Waals surface area contributed by atoms with Gasteiger partial charge < -0.3 is 10.2 Å². The lowest BCUT2D eigenvalue weighted by atomic mass is 10.0. The molecule has 6 nitrogen and oxygen atoms in total. The van der Waals surface area contributed by atoms with Gasteiger partial charge in [-0.3, -0.25) is 14.2 Å². The van der Waals surface area contributed by atoms with Crippen molar-refractivity contribution in [2.45, 2.75) is 52.0 Å². The molecule has 1 fully saturated rings. The molecular formula is C22H30N4O2. The third kappa shape index (κ3) is 4.12. The Balaban J connectivity index is 1.38. The molecule has 1 amide bonds. The number of carbonyl (C=O) groups excluding carboxylic acids is 1. The van der Waals surface area contributed by atoms with Crippen molar-refractivity contribution < 1.29 is 4.79 Å². The summed E-state index contributed by atoms with van der Waals surface area (Å²) < 4.78 is 1.78. The van der Waals surface area contributed by atoms with Gasteiger partial charge >= 0.3 is 0 Å². The van der Waals surface area contributed by atoms with Gasteiger partial charge in [-0.05, 0) is 69.3 Å². The predicted octanol–water partition coefficient (Wildman–Crippen LogP) is 2.58. The SMILES string of the molecule is C[C@H]1CCCN(CCCNC(=O)c2ccc3c(=O)n4c(nc3c2)CCCC4)C1. The molecule has 0 spiro atoms. The fourth-order valence-corrected chi connectivity index (χ4v) is 4.48. The summed E-state index contributed by atoms with van der Waals surface area (Å²) >= 11 is 0. The lowest BCUT2D eigenvalue weighted by Crippen LogP contribution is -2.36. The molecular weight excluding hydrogens is 352 g/mol. The van der Waals surface area contributed by atoms with E-state index in [0.29, 0.717) is 23.0 Å². The molecule has 1 N–H and O–H groups in total. The zero-order chi connectivity index (χ0) is 19.5. The first-order chi connectivity index (χ1) is 13.6. The van der Waals surface area contributed by atoms with Crippen LogP contribution in [0.4, 0.5) is 0 Å². The number of nitrogens with one attached hydrogen (secondary N) is 1. The number of fused-ring (bicyclic) bond motifs is 2. The maximum atomic E-state index is 12.7. The number of amides is 1. The fraction of sp³-hybridized carbons (Fsp3) is 0.591. The summed E-state index contributed by atoms with van der Waals surface area (Å²) in [5, 5.41) is 3.61. The second-order valence-corrected chi connectivity index (χ2v) is 8.33. The molecule has 0 bridgehead atoms. The molecule has 2 aliphatic heterocycles. The van der Waals surface area contributed by atoms with Gasteiger partial charge in [0, 0.05) is 31.6 Å². The number of carbonyl (C=O) groups is 1. The topological polar surface area (TPSA) is 67.2 Å². The lowest BCUT2D eigenvalue weighted by Gasteiger charge is -2.30. The van der Waals surface area contributed by atoms with Crippen molar-refractivity contribution in [3.63, 3.8) is 0 Å². The van der Waals surface area contributed by atoms with Crippen LogP contribution in [0, 0.1) is 5.92 Å². The van der Waals surface area contributed by atoms with Crippen LogP contribution in [0.15, 0.2) is 23.0 Å². The molecule has 1 aromatic carbocycles. The van der Waals surface area contributed by atoms with E-state index in [4.69, 9.17) is 0 Å². The zero-order valence-electron chi connectivity index (χ0n) is 16.7. The quantitative estimate of drug-likeness (QED) is 0.807. The lowest BCUT2D eigenvalue weighted by molar-refractivity contribution is 0.0950. The molecule has 150 valence electrons. The van der Waals surface area contributed by atoms with Crippen LogP contribution in [-0.4, -0.2) is 46.5 Å². The second kappa shape index (κ2) is 8.43. The van der Waals surface area contributed by atoms with Gasteiger partial charge in [0.15, 0.2) is 0 Å². The van der Waals surface area contributed by atoms with Crippen LogP contribution in [0.2, 0.25) is 0 Å². The van der Waals surface area contributed by atoms with Crippen molar-refractivity contribution in [3.05, 3.63) is 39.9 Å². The van der Waals surface area contributed by atoms with Gasteiger partial charge in [0.25, 0.3) is 11.5 Å². The number of rotatable bonds is 5. The minimum Gasteiger partial charge on any atom is -0.352 e. The van der Waals surface area contributed by atoms with Crippen LogP contribution >= 0.6 is 0 Å². The number of nitrogens with zero attached hydrogens (tertiary/aromatic N) is 3. The van der Waals surface area contributed by atoms with E-state index in [2.05, 4.69) is 22.1 Å². The Bertz CT molecular complexity index is 921. The molecule has 1 saturated heterocycles. The van der Waals surface area contributed by atoms with Gasteiger partial charge in [0.1, 0.15) is 5.82 Å². The normalized spacial score (nSPS) is 20.1. The summed E-state index contributed by atoms with van der Waals surface area (Å²) in [6.07, 6.45) is 6.48. The number of aromatic nitrogens is 2. The average Bonchev–Trinajstić information content (AvgIpc) is 2.71. The molecule has 1 atom stereocenters. The van der Waals surface area contributed by atoms with E-state index in [1.165, 1.54) is 25.9 Å². The summed E-state index contributed by atoms with van der Waals surface area (Å²) in [6, 6.07) is 5.24. The van der Waals surface area contributed by atoms with Crippen molar-refractivity contribution in [1.82, 2.24) is 19.8 Å². The van der Waals surface area contributed by atoms with Crippen LogP contribution in [0.3, 0.4) is 0 Å². The minimum absolute atomic E-state index is 0.0161. The molecule has 2 aromatic rings.